The molecule has 2 nitrogen and oxygen atoms in total. The molecular weight excluding hydrogens is 402 g/mol. The van der Waals surface area contributed by atoms with Crippen LogP contribution in [0, 0.1) is 0 Å². The summed E-state index contributed by atoms with van der Waals surface area (Å²) in [5, 5.41) is 1.86. The lowest BCUT2D eigenvalue weighted by Crippen LogP contribution is -2.65. The second kappa shape index (κ2) is 7.87. The van der Waals surface area contributed by atoms with Crippen LogP contribution in [-0.2, 0) is 6.42 Å². The molecule has 134 valence electrons. The molecule has 1 N–H and O–H groups in total. The van der Waals surface area contributed by atoms with E-state index >= 15 is 0 Å². The molecule has 0 aliphatic heterocycles. The maximum Gasteiger partial charge on any atom is 0.258 e. The van der Waals surface area contributed by atoms with Gasteiger partial charge < -0.3 is 4.80 Å². The van der Waals surface area contributed by atoms with Gasteiger partial charge in [0.1, 0.15) is 4.60 Å². The molecule has 3 aromatic rings. The first kappa shape index (κ1) is 19.0. The molecule has 4 heteroatoms. The van der Waals surface area contributed by atoms with Gasteiger partial charge in [0.05, 0.1) is 0 Å². The average Bonchev–Trinajstić information content (AvgIpc) is 2.67. The van der Waals surface area contributed by atoms with Crippen LogP contribution in [0.5, 0.6) is 0 Å². The first-order chi connectivity index (χ1) is 12.4. The fourth-order valence-corrected chi connectivity index (χ4v) is 7.63. The molecule has 0 atom stereocenters. The quantitative estimate of drug-likeness (QED) is 0.471. The van der Waals surface area contributed by atoms with Gasteiger partial charge in [0.15, 0.2) is 0 Å². The Balaban J connectivity index is 1.98. The number of nitrogens with zero attached hydrogens (tertiary/aromatic N) is 1. The Hall–Kier alpha value is -1.75. The smallest absolute Gasteiger partial charge is 0.258 e. The zero-order valence-electron chi connectivity index (χ0n) is 15.2. The number of pyridine rings is 1. The summed E-state index contributed by atoms with van der Waals surface area (Å²) in [4.78, 5) is 16.7. The first-order valence-electron chi connectivity index (χ1n) is 8.88. The highest BCUT2D eigenvalue weighted by molar-refractivity contribution is 9.10. The molecule has 1 heterocycles. The Morgan fingerprint density at radius 2 is 1.38 bits per heavy atom. The van der Waals surface area contributed by atoms with Gasteiger partial charge in [-0.25, -0.2) is 4.98 Å². The number of hydrogen-bond acceptors (Lipinski definition) is 2. The van der Waals surface area contributed by atoms with Crippen molar-refractivity contribution in [1.82, 2.24) is 4.98 Å². The average molecular weight is 426 g/mol. The number of hydrogen-bond donors (Lipinski definition) is 1. The molecule has 1 aromatic heterocycles. The fraction of sp³-hybridized carbons (Fsp3) is 0.227. The van der Waals surface area contributed by atoms with Crippen LogP contribution in [0.15, 0.2) is 83.5 Å². The van der Waals surface area contributed by atoms with Gasteiger partial charge in [0.2, 0.25) is 0 Å². The summed E-state index contributed by atoms with van der Waals surface area (Å²) in [5.41, 5.74) is 1.05. The van der Waals surface area contributed by atoms with Crippen LogP contribution >= 0.6 is 15.9 Å². The Bertz CT molecular complexity index is 813. The lowest BCUT2D eigenvalue weighted by molar-refractivity contribution is 0.465. The molecule has 0 saturated heterocycles. The molecule has 0 saturated carbocycles. The van der Waals surface area contributed by atoms with Crippen LogP contribution < -0.4 is 10.4 Å². The second-order valence-electron chi connectivity index (χ2n) is 7.28. The monoisotopic (exact) mass is 425 g/mol. The molecule has 0 aliphatic rings. The van der Waals surface area contributed by atoms with Crippen LogP contribution in [0.4, 0.5) is 0 Å². The highest BCUT2D eigenvalue weighted by Gasteiger charge is 2.49. The fourth-order valence-electron chi connectivity index (χ4n) is 3.52. The van der Waals surface area contributed by atoms with E-state index < -0.39 is 8.32 Å². The molecule has 0 aliphatic carbocycles. The van der Waals surface area contributed by atoms with Gasteiger partial charge >= 0.3 is 0 Å². The SMILES string of the molecule is CC(C)(CCc1cccc(Br)n1)[Si](O)(c1ccccc1)c1ccccc1. The number of halogens is 1. The van der Waals surface area contributed by atoms with Gasteiger partial charge in [0.25, 0.3) is 8.32 Å². The van der Waals surface area contributed by atoms with Crippen molar-refractivity contribution < 1.29 is 4.80 Å². The van der Waals surface area contributed by atoms with E-state index in [-0.39, 0.29) is 5.04 Å². The normalized spacial score (nSPS) is 12.2. The molecule has 0 spiro atoms. The van der Waals surface area contributed by atoms with Crippen LogP contribution in [0.3, 0.4) is 0 Å². The highest BCUT2D eigenvalue weighted by Crippen LogP contribution is 2.39. The van der Waals surface area contributed by atoms with Crippen LogP contribution in [0.25, 0.3) is 0 Å². The molecule has 0 bridgehead atoms. The molecule has 26 heavy (non-hydrogen) atoms. The lowest BCUT2D eigenvalue weighted by Gasteiger charge is -2.41. The van der Waals surface area contributed by atoms with Gasteiger partial charge in [-0.15, -0.1) is 0 Å². The van der Waals surface area contributed by atoms with Crippen molar-refractivity contribution in [3.8, 4) is 0 Å². The highest BCUT2D eigenvalue weighted by atomic mass is 79.9. The van der Waals surface area contributed by atoms with E-state index in [4.69, 9.17) is 0 Å². The number of benzene rings is 2. The lowest BCUT2D eigenvalue weighted by atomic mass is 10.0. The number of rotatable bonds is 6. The summed E-state index contributed by atoms with van der Waals surface area (Å²) in [6, 6.07) is 26.3. The van der Waals surface area contributed by atoms with E-state index in [1.54, 1.807) is 0 Å². The Morgan fingerprint density at radius 1 is 0.846 bits per heavy atom. The Labute approximate surface area is 165 Å². The topological polar surface area (TPSA) is 33.1 Å². The third-order valence-corrected chi connectivity index (χ3v) is 10.1. The van der Waals surface area contributed by atoms with Crippen molar-refractivity contribution in [3.05, 3.63) is 89.2 Å². The Kier molecular flexibility index (Phi) is 5.75. The minimum absolute atomic E-state index is 0.250. The third-order valence-electron chi connectivity index (χ3n) is 5.14. The van der Waals surface area contributed by atoms with Gasteiger partial charge in [-0.05, 0) is 56.3 Å². The minimum Gasteiger partial charge on any atom is -0.424 e. The Morgan fingerprint density at radius 3 is 1.88 bits per heavy atom. The molecule has 0 fully saturated rings. The van der Waals surface area contributed by atoms with Crippen molar-refractivity contribution in [2.24, 2.45) is 0 Å². The van der Waals surface area contributed by atoms with Gasteiger partial charge in [-0.1, -0.05) is 80.6 Å². The molecule has 0 amide bonds. The van der Waals surface area contributed by atoms with Gasteiger partial charge in [-0.2, -0.15) is 0 Å². The summed E-state index contributed by atoms with van der Waals surface area (Å²) < 4.78 is 0.853. The number of aromatic nitrogens is 1. The van der Waals surface area contributed by atoms with Crippen molar-refractivity contribution in [3.63, 3.8) is 0 Å². The maximum absolute atomic E-state index is 12.1. The zero-order valence-corrected chi connectivity index (χ0v) is 17.8. The predicted octanol–water partition coefficient (Wildman–Crippen LogP) is 4.31. The summed E-state index contributed by atoms with van der Waals surface area (Å²) in [7, 11) is -2.94. The molecule has 0 unspecified atom stereocenters. The second-order valence-corrected chi connectivity index (χ2v) is 12.0. The van der Waals surface area contributed by atoms with Crippen molar-refractivity contribution >= 4 is 34.6 Å². The van der Waals surface area contributed by atoms with E-state index in [0.29, 0.717) is 0 Å². The largest absolute Gasteiger partial charge is 0.424 e. The van der Waals surface area contributed by atoms with E-state index in [2.05, 4.69) is 59.0 Å². The number of aryl methyl sites for hydroxylation is 1. The summed E-state index contributed by atoms with van der Waals surface area (Å²) >= 11 is 3.44. The molecule has 0 radical (unpaired) electrons. The molecular formula is C22H24BrNOSi. The summed E-state index contributed by atoms with van der Waals surface area (Å²) in [5.74, 6) is 0. The van der Waals surface area contributed by atoms with Crippen LogP contribution in [0.2, 0.25) is 5.04 Å². The summed E-state index contributed by atoms with van der Waals surface area (Å²) in [6.45, 7) is 4.38. The summed E-state index contributed by atoms with van der Waals surface area (Å²) in [6.07, 6.45) is 1.70. The molecule has 2 aromatic carbocycles. The van der Waals surface area contributed by atoms with E-state index in [1.165, 1.54) is 0 Å². The van der Waals surface area contributed by atoms with Crippen molar-refractivity contribution in [2.75, 3.05) is 0 Å². The molecule has 3 rings (SSSR count). The van der Waals surface area contributed by atoms with Gasteiger partial charge in [0, 0.05) is 5.69 Å². The third kappa shape index (κ3) is 3.82. The van der Waals surface area contributed by atoms with E-state index in [1.807, 2.05) is 54.6 Å². The van der Waals surface area contributed by atoms with Crippen LogP contribution in [-0.4, -0.2) is 18.1 Å². The van der Waals surface area contributed by atoms with Crippen molar-refractivity contribution in [1.29, 1.82) is 0 Å². The van der Waals surface area contributed by atoms with Crippen molar-refractivity contribution in [2.45, 2.75) is 31.7 Å². The zero-order chi connectivity index (χ0) is 18.6. The standard InChI is InChI=1S/C22H24BrNOSi/c1-22(2,17-16-18-10-9-15-21(23)24-18)26(25,19-11-5-3-6-12-19)20-13-7-4-8-14-20/h3-15,25H,16-17H2,1-2H3. The van der Waals surface area contributed by atoms with Crippen LogP contribution in [0.1, 0.15) is 26.0 Å². The van der Waals surface area contributed by atoms with Gasteiger partial charge in [-0.3, -0.25) is 0 Å². The van der Waals surface area contributed by atoms with E-state index in [0.717, 1.165) is 33.5 Å². The predicted molar refractivity (Wildman–Crippen MR) is 114 cm³/mol. The maximum atomic E-state index is 12.1. The first-order valence-corrected chi connectivity index (χ1v) is 11.6. The van der Waals surface area contributed by atoms with E-state index in [9.17, 15) is 4.80 Å². The minimum atomic E-state index is -2.94.